The Morgan fingerprint density at radius 3 is 2.55 bits per heavy atom. The minimum Gasteiger partial charge on any atom is -0.345 e. The molecule has 1 heterocycles. The monoisotopic (exact) mass is 411 g/mol. The van der Waals surface area contributed by atoms with E-state index in [0.717, 1.165) is 28.7 Å². The third kappa shape index (κ3) is 4.80. The molecule has 4 rings (SSSR count). The van der Waals surface area contributed by atoms with Gasteiger partial charge in [0.15, 0.2) is 0 Å². The number of hydrogen-bond donors (Lipinski definition) is 1. The number of hydrogen-bond acceptors (Lipinski definition) is 1. The Bertz CT molecular complexity index is 1190. The number of carbonyl (C=O) groups excluding carboxylic acids is 1. The number of fused-ring (bicyclic) bond motifs is 1. The molecule has 4 nitrogen and oxygen atoms in total. The van der Waals surface area contributed by atoms with Crippen LogP contribution >= 0.6 is 0 Å². The molecule has 0 spiro atoms. The van der Waals surface area contributed by atoms with Crippen molar-refractivity contribution >= 4 is 22.5 Å². The largest absolute Gasteiger partial charge is 0.345 e. The highest BCUT2D eigenvalue weighted by Crippen LogP contribution is 2.24. The van der Waals surface area contributed by atoms with Gasteiger partial charge in [-0.25, -0.2) is 4.79 Å². The number of amides is 2. The van der Waals surface area contributed by atoms with Gasteiger partial charge in [-0.05, 0) is 49.9 Å². The summed E-state index contributed by atoms with van der Waals surface area (Å²) >= 11 is 0. The first-order valence-corrected chi connectivity index (χ1v) is 10.8. The molecule has 0 aliphatic heterocycles. The molecule has 4 aromatic rings. The van der Waals surface area contributed by atoms with E-state index in [9.17, 15) is 4.79 Å². The molecule has 0 saturated carbocycles. The van der Waals surface area contributed by atoms with Gasteiger partial charge in [-0.15, -0.1) is 0 Å². The summed E-state index contributed by atoms with van der Waals surface area (Å²) < 4.78 is 2.22. The van der Waals surface area contributed by atoms with E-state index in [4.69, 9.17) is 0 Å². The zero-order chi connectivity index (χ0) is 21.8. The van der Waals surface area contributed by atoms with Crippen LogP contribution in [0, 0.1) is 6.92 Å². The second-order valence-corrected chi connectivity index (χ2v) is 8.29. The predicted molar refractivity (Wildman–Crippen MR) is 128 cm³/mol. The van der Waals surface area contributed by atoms with Crippen molar-refractivity contribution < 1.29 is 4.79 Å². The molecule has 1 aromatic heterocycles. The van der Waals surface area contributed by atoms with E-state index in [2.05, 4.69) is 79.3 Å². The van der Waals surface area contributed by atoms with E-state index in [1.165, 1.54) is 11.1 Å². The first-order chi connectivity index (χ1) is 15.0. The van der Waals surface area contributed by atoms with Crippen LogP contribution in [-0.4, -0.2) is 21.5 Å². The molecule has 0 saturated heterocycles. The van der Waals surface area contributed by atoms with Gasteiger partial charge in [0, 0.05) is 29.9 Å². The minimum absolute atomic E-state index is 0.0669. The lowest BCUT2D eigenvalue weighted by molar-refractivity contribution is 0.192. The number of nitrogens with one attached hydrogen (secondary N) is 1. The Morgan fingerprint density at radius 2 is 1.74 bits per heavy atom. The summed E-state index contributed by atoms with van der Waals surface area (Å²) in [4.78, 5) is 15.1. The fourth-order valence-corrected chi connectivity index (χ4v) is 3.94. The van der Waals surface area contributed by atoms with E-state index in [1.807, 2.05) is 41.3 Å². The van der Waals surface area contributed by atoms with Crippen molar-refractivity contribution in [2.45, 2.75) is 39.9 Å². The summed E-state index contributed by atoms with van der Waals surface area (Å²) in [6, 6.07) is 26.8. The molecule has 158 valence electrons. The van der Waals surface area contributed by atoms with E-state index >= 15 is 0 Å². The fraction of sp³-hybridized carbons (Fsp3) is 0.222. The topological polar surface area (TPSA) is 37.3 Å². The van der Waals surface area contributed by atoms with Gasteiger partial charge in [-0.1, -0.05) is 66.2 Å². The van der Waals surface area contributed by atoms with Gasteiger partial charge >= 0.3 is 6.03 Å². The maximum absolute atomic E-state index is 13.2. The van der Waals surface area contributed by atoms with Gasteiger partial charge in [0.25, 0.3) is 0 Å². The lowest BCUT2D eigenvalue weighted by Crippen LogP contribution is -2.40. The molecule has 0 atom stereocenters. The van der Waals surface area contributed by atoms with Crippen molar-refractivity contribution in [2.24, 2.45) is 0 Å². The number of nitrogens with zero attached hydrogens (tertiary/aromatic N) is 2. The number of aromatic nitrogens is 1. The number of carbonyl (C=O) groups is 1. The highest BCUT2D eigenvalue weighted by Gasteiger charge is 2.19. The van der Waals surface area contributed by atoms with E-state index in [0.29, 0.717) is 6.54 Å². The highest BCUT2D eigenvalue weighted by molar-refractivity contribution is 6.01. The Morgan fingerprint density at radius 1 is 0.968 bits per heavy atom. The van der Waals surface area contributed by atoms with Gasteiger partial charge in [0.05, 0.1) is 12.2 Å². The minimum atomic E-state index is -0.0883. The summed E-state index contributed by atoms with van der Waals surface area (Å²) in [5, 5.41) is 5.29. The first-order valence-electron chi connectivity index (χ1n) is 10.8. The lowest BCUT2D eigenvalue weighted by Gasteiger charge is -2.28. The molecule has 0 aliphatic carbocycles. The van der Waals surface area contributed by atoms with E-state index < -0.39 is 0 Å². The van der Waals surface area contributed by atoms with Crippen LogP contribution in [0.4, 0.5) is 10.5 Å². The first kappa shape index (κ1) is 20.7. The van der Waals surface area contributed by atoms with Crippen LogP contribution in [0.3, 0.4) is 0 Å². The zero-order valence-corrected chi connectivity index (χ0v) is 18.4. The maximum atomic E-state index is 13.2. The average molecular weight is 412 g/mol. The van der Waals surface area contributed by atoms with Gasteiger partial charge in [-0.3, -0.25) is 0 Å². The fourth-order valence-electron chi connectivity index (χ4n) is 3.94. The SMILES string of the molecule is Cc1cccc(Cn2cccc2CN(C(=O)Nc2cccc3ccccc23)C(C)C)c1. The van der Waals surface area contributed by atoms with E-state index in [1.54, 1.807) is 0 Å². The standard InChI is InChI=1S/C27H29N3O/c1-20(2)30(27(31)28-26-15-7-12-23-11-4-5-14-25(23)26)19-24-13-8-16-29(24)18-22-10-6-9-21(3)17-22/h4-17,20H,18-19H2,1-3H3,(H,28,31). The molecular weight excluding hydrogens is 382 g/mol. The number of urea groups is 1. The zero-order valence-electron chi connectivity index (χ0n) is 18.4. The quantitative estimate of drug-likeness (QED) is 0.389. The second kappa shape index (κ2) is 9.09. The van der Waals surface area contributed by atoms with Crippen molar-refractivity contribution in [3.05, 3.63) is 102 Å². The van der Waals surface area contributed by atoms with Crippen molar-refractivity contribution in [1.82, 2.24) is 9.47 Å². The van der Waals surface area contributed by atoms with Crippen LogP contribution < -0.4 is 5.32 Å². The number of aryl methyl sites for hydroxylation is 1. The van der Waals surface area contributed by atoms with Crippen molar-refractivity contribution in [1.29, 1.82) is 0 Å². The Labute approximate surface area is 184 Å². The molecular formula is C27H29N3O. The molecule has 4 heteroatoms. The summed E-state index contributed by atoms with van der Waals surface area (Å²) in [7, 11) is 0. The van der Waals surface area contributed by atoms with Crippen molar-refractivity contribution in [2.75, 3.05) is 5.32 Å². The van der Waals surface area contributed by atoms with Gasteiger partial charge in [0.2, 0.25) is 0 Å². The number of anilines is 1. The lowest BCUT2D eigenvalue weighted by atomic mass is 10.1. The average Bonchev–Trinajstić information content (AvgIpc) is 3.18. The normalized spacial score (nSPS) is 11.1. The maximum Gasteiger partial charge on any atom is 0.322 e. The van der Waals surface area contributed by atoms with Crippen LogP contribution in [-0.2, 0) is 13.1 Å². The Hall–Kier alpha value is -3.53. The van der Waals surface area contributed by atoms with Gasteiger partial charge < -0.3 is 14.8 Å². The van der Waals surface area contributed by atoms with Crippen molar-refractivity contribution in [3.8, 4) is 0 Å². The molecule has 0 bridgehead atoms. The molecule has 0 radical (unpaired) electrons. The molecule has 0 aliphatic rings. The third-order valence-electron chi connectivity index (χ3n) is 5.61. The molecule has 31 heavy (non-hydrogen) atoms. The molecule has 0 fully saturated rings. The summed E-state index contributed by atoms with van der Waals surface area (Å²) in [6.07, 6.45) is 2.08. The van der Waals surface area contributed by atoms with Crippen LogP contribution in [0.15, 0.2) is 85.1 Å². The van der Waals surface area contributed by atoms with Gasteiger partial charge in [0.1, 0.15) is 0 Å². The third-order valence-corrected chi connectivity index (χ3v) is 5.61. The Kier molecular flexibility index (Phi) is 6.08. The van der Waals surface area contributed by atoms with Crippen LogP contribution in [0.5, 0.6) is 0 Å². The second-order valence-electron chi connectivity index (χ2n) is 8.29. The van der Waals surface area contributed by atoms with E-state index in [-0.39, 0.29) is 12.1 Å². The van der Waals surface area contributed by atoms with Crippen LogP contribution in [0.1, 0.15) is 30.7 Å². The summed E-state index contributed by atoms with van der Waals surface area (Å²) in [5.41, 5.74) is 4.46. The molecule has 0 unspecified atom stereocenters. The smallest absolute Gasteiger partial charge is 0.322 e. The Balaban J connectivity index is 1.53. The number of benzene rings is 3. The summed E-state index contributed by atoms with van der Waals surface area (Å²) in [5.74, 6) is 0. The summed E-state index contributed by atoms with van der Waals surface area (Å²) in [6.45, 7) is 7.55. The molecule has 1 N–H and O–H groups in total. The predicted octanol–water partition coefficient (Wildman–Crippen LogP) is 6.44. The molecule has 2 amide bonds. The van der Waals surface area contributed by atoms with Crippen molar-refractivity contribution in [3.63, 3.8) is 0 Å². The molecule has 3 aromatic carbocycles. The van der Waals surface area contributed by atoms with Crippen LogP contribution in [0.2, 0.25) is 0 Å². The highest BCUT2D eigenvalue weighted by atomic mass is 16.2. The van der Waals surface area contributed by atoms with Gasteiger partial charge in [-0.2, -0.15) is 0 Å². The number of rotatable bonds is 6. The van der Waals surface area contributed by atoms with Crippen LogP contribution in [0.25, 0.3) is 10.8 Å².